The van der Waals surface area contributed by atoms with E-state index in [0.29, 0.717) is 0 Å². The first-order valence-corrected chi connectivity index (χ1v) is 7.24. The van der Waals surface area contributed by atoms with Crippen LogP contribution in [0.1, 0.15) is 31.9 Å². The lowest BCUT2D eigenvalue weighted by atomic mass is 10.2. The van der Waals surface area contributed by atoms with Crippen LogP contribution in [0.4, 0.5) is 0 Å². The van der Waals surface area contributed by atoms with Crippen LogP contribution in [0.5, 0.6) is 0 Å². The van der Waals surface area contributed by atoms with Crippen molar-refractivity contribution in [2.45, 2.75) is 42.5 Å². The number of unbranched alkanes of at least 4 members (excludes halogenated alkanes) is 2. The molecular formula is C15H18N2S. The van der Waals surface area contributed by atoms with Gasteiger partial charge in [-0.05, 0) is 25.0 Å². The molecule has 2 aromatic rings. The summed E-state index contributed by atoms with van der Waals surface area (Å²) < 4.78 is 0. The average Bonchev–Trinajstić information content (AvgIpc) is 2.42. The Hall–Kier alpha value is -1.35. The van der Waals surface area contributed by atoms with Crippen LogP contribution in [0, 0.1) is 0 Å². The number of aromatic nitrogens is 2. The predicted molar refractivity (Wildman–Crippen MR) is 75.8 cm³/mol. The van der Waals surface area contributed by atoms with E-state index in [0.717, 1.165) is 17.1 Å². The van der Waals surface area contributed by atoms with Gasteiger partial charge in [0.25, 0.3) is 0 Å². The fourth-order valence-corrected chi connectivity index (χ4v) is 2.66. The first-order chi connectivity index (χ1) is 8.90. The minimum atomic E-state index is 1.02. The van der Waals surface area contributed by atoms with Gasteiger partial charge >= 0.3 is 0 Å². The van der Waals surface area contributed by atoms with Crippen LogP contribution in [-0.2, 0) is 6.42 Å². The summed E-state index contributed by atoms with van der Waals surface area (Å²) >= 11 is 1.70. The molecule has 18 heavy (non-hydrogen) atoms. The maximum Gasteiger partial charge on any atom is 0.122 e. The number of aryl methyl sites for hydroxylation is 1. The predicted octanol–water partition coefficient (Wildman–Crippen LogP) is 4.36. The molecule has 2 rings (SSSR count). The number of hydrogen-bond acceptors (Lipinski definition) is 3. The van der Waals surface area contributed by atoms with Gasteiger partial charge in [0, 0.05) is 17.3 Å². The van der Waals surface area contributed by atoms with Crippen molar-refractivity contribution in [1.29, 1.82) is 0 Å². The molecule has 0 atom stereocenters. The first-order valence-electron chi connectivity index (χ1n) is 6.43. The zero-order valence-corrected chi connectivity index (χ0v) is 11.5. The molecule has 0 bridgehead atoms. The molecule has 1 aromatic carbocycles. The van der Waals surface area contributed by atoms with Crippen LogP contribution in [-0.4, -0.2) is 9.97 Å². The molecule has 0 fully saturated rings. The number of benzene rings is 1. The maximum absolute atomic E-state index is 4.46. The van der Waals surface area contributed by atoms with Crippen molar-refractivity contribution in [2.24, 2.45) is 0 Å². The monoisotopic (exact) mass is 258 g/mol. The topological polar surface area (TPSA) is 25.8 Å². The second-order valence-corrected chi connectivity index (χ2v) is 5.24. The van der Waals surface area contributed by atoms with E-state index < -0.39 is 0 Å². The van der Waals surface area contributed by atoms with Crippen molar-refractivity contribution in [3.05, 3.63) is 48.4 Å². The zero-order chi connectivity index (χ0) is 12.6. The standard InChI is InChI=1S/C15H18N2S/c1-2-3-5-10-14-15(17-12-11-16-14)18-13-8-6-4-7-9-13/h4,6-9,11-12H,2-3,5,10H2,1H3. The zero-order valence-electron chi connectivity index (χ0n) is 10.7. The highest BCUT2D eigenvalue weighted by molar-refractivity contribution is 7.99. The van der Waals surface area contributed by atoms with Gasteiger partial charge in [0.1, 0.15) is 5.03 Å². The second kappa shape index (κ2) is 7.17. The van der Waals surface area contributed by atoms with Crippen LogP contribution < -0.4 is 0 Å². The fraction of sp³-hybridized carbons (Fsp3) is 0.333. The molecule has 0 radical (unpaired) electrons. The van der Waals surface area contributed by atoms with Crippen LogP contribution in [0.2, 0.25) is 0 Å². The molecule has 3 heteroatoms. The minimum Gasteiger partial charge on any atom is -0.257 e. The Kier molecular flexibility index (Phi) is 5.21. The Bertz CT molecular complexity index is 471. The molecule has 0 aliphatic carbocycles. The Balaban J connectivity index is 2.07. The molecule has 0 saturated carbocycles. The van der Waals surface area contributed by atoms with Crippen molar-refractivity contribution >= 4 is 11.8 Å². The van der Waals surface area contributed by atoms with E-state index in [9.17, 15) is 0 Å². The summed E-state index contributed by atoms with van der Waals surface area (Å²) in [4.78, 5) is 10.1. The highest BCUT2D eigenvalue weighted by Gasteiger charge is 2.06. The maximum atomic E-state index is 4.46. The molecule has 2 nitrogen and oxygen atoms in total. The third kappa shape index (κ3) is 3.84. The summed E-state index contributed by atoms with van der Waals surface area (Å²) in [5.74, 6) is 0. The van der Waals surface area contributed by atoms with Crippen molar-refractivity contribution in [2.75, 3.05) is 0 Å². The number of nitrogens with zero attached hydrogens (tertiary/aromatic N) is 2. The van der Waals surface area contributed by atoms with Gasteiger partial charge in [-0.3, -0.25) is 4.98 Å². The lowest BCUT2D eigenvalue weighted by Gasteiger charge is -2.06. The van der Waals surface area contributed by atoms with E-state index >= 15 is 0 Å². The summed E-state index contributed by atoms with van der Waals surface area (Å²) in [5.41, 5.74) is 1.12. The van der Waals surface area contributed by atoms with Crippen LogP contribution >= 0.6 is 11.8 Å². The Morgan fingerprint density at radius 2 is 1.78 bits per heavy atom. The highest BCUT2D eigenvalue weighted by atomic mass is 32.2. The normalized spacial score (nSPS) is 10.5. The van der Waals surface area contributed by atoms with Gasteiger partial charge in [0.15, 0.2) is 0 Å². The fourth-order valence-electron chi connectivity index (χ4n) is 1.75. The molecule has 0 unspecified atom stereocenters. The van der Waals surface area contributed by atoms with Crippen LogP contribution in [0.15, 0.2) is 52.6 Å². The SMILES string of the molecule is CCCCCc1nccnc1Sc1ccccc1. The molecule has 0 aliphatic rings. The quantitative estimate of drug-likeness (QED) is 0.720. The summed E-state index contributed by atoms with van der Waals surface area (Å²) in [5, 5.41) is 1.04. The second-order valence-electron chi connectivity index (χ2n) is 4.18. The molecule has 0 spiro atoms. The Morgan fingerprint density at radius 1 is 1.00 bits per heavy atom. The van der Waals surface area contributed by atoms with E-state index in [-0.39, 0.29) is 0 Å². The van der Waals surface area contributed by atoms with E-state index in [4.69, 9.17) is 0 Å². The van der Waals surface area contributed by atoms with E-state index in [1.807, 2.05) is 6.07 Å². The van der Waals surface area contributed by atoms with E-state index in [2.05, 4.69) is 41.2 Å². The summed E-state index contributed by atoms with van der Waals surface area (Å²) in [6.07, 6.45) is 8.27. The summed E-state index contributed by atoms with van der Waals surface area (Å²) in [7, 11) is 0. The number of rotatable bonds is 6. The molecule has 94 valence electrons. The minimum absolute atomic E-state index is 1.02. The molecular weight excluding hydrogens is 240 g/mol. The van der Waals surface area contributed by atoms with Crippen molar-refractivity contribution in [3.63, 3.8) is 0 Å². The molecule has 0 N–H and O–H groups in total. The summed E-state index contributed by atoms with van der Waals surface area (Å²) in [6.45, 7) is 2.22. The van der Waals surface area contributed by atoms with Crippen LogP contribution in [0.25, 0.3) is 0 Å². The van der Waals surface area contributed by atoms with Crippen molar-refractivity contribution < 1.29 is 0 Å². The van der Waals surface area contributed by atoms with Gasteiger partial charge in [-0.15, -0.1) is 0 Å². The third-order valence-electron chi connectivity index (χ3n) is 2.71. The highest BCUT2D eigenvalue weighted by Crippen LogP contribution is 2.28. The molecule has 0 aliphatic heterocycles. The van der Waals surface area contributed by atoms with Gasteiger partial charge in [-0.1, -0.05) is 49.7 Å². The largest absolute Gasteiger partial charge is 0.257 e. The van der Waals surface area contributed by atoms with Gasteiger partial charge in [0.2, 0.25) is 0 Å². The molecule has 0 amide bonds. The first kappa shape index (κ1) is 13.1. The van der Waals surface area contributed by atoms with Crippen LogP contribution in [0.3, 0.4) is 0 Å². The van der Waals surface area contributed by atoms with Gasteiger partial charge in [-0.25, -0.2) is 4.98 Å². The van der Waals surface area contributed by atoms with E-state index in [1.54, 1.807) is 24.2 Å². The number of hydrogen-bond donors (Lipinski definition) is 0. The molecule has 1 heterocycles. The average molecular weight is 258 g/mol. The molecule has 0 saturated heterocycles. The third-order valence-corrected chi connectivity index (χ3v) is 3.75. The Labute approximate surface area is 113 Å². The van der Waals surface area contributed by atoms with Gasteiger partial charge in [0.05, 0.1) is 5.69 Å². The lowest BCUT2D eigenvalue weighted by Crippen LogP contribution is -1.95. The lowest BCUT2D eigenvalue weighted by molar-refractivity contribution is 0.693. The van der Waals surface area contributed by atoms with Crippen molar-refractivity contribution in [3.8, 4) is 0 Å². The molecule has 1 aromatic heterocycles. The summed E-state index contributed by atoms with van der Waals surface area (Å²) in [6, 6.07) is 10.3. The van der Waals surface area contributed by atoms with Gasteiger partial charge in [-0.2, -0.15) is 0 Å². The van der Waals surface area contributed by atoms with Crippen molar-refractivity contribution in [1.82, 2.24) is 9.97 Å². The van der Waals surface area contributed by atoms with Gasteiger partial charge < -0.3 is 0 Å². The smallest absolute Gasteiger partial charge is 0.122 e. The van der Waals surface area contributed by atoms with E-state index in [1.165, 1.54) is 24.2 Å². The Morgan fingerprint density at radius 3 is 2.56 bits per heavy atom.